The minimum absolute atomic E-state index is 0.0889. The Bertz CT molecular complexity index is 654. The highest BCUT2D eigenvalue weighted by Gasteiger charge is 2.29. The van der Waals surface area contributed by atoms with Gasteiger partial charge in [0.1, 0.15) is 12.0 Å². The van der Waals surface area contributed by atoms with E-state index in [1.54, 1.807) is 0 Å². The number of halogens is 2. The van der Waals surface area contributed by atoms with Crippen molar-refractivity contribution in [1.29, 1.82) is 0 Å². The Morgan fingerprint density at radius 2 is 2.05 bits per heavy atom. The molecule has 1 atom stereocenters. The van der Waals surface area contributed by atoms with Crippen molar-refractivity contribution in [1.82, 2.24) is 20.2 Å². The Balaban J connectivity index is 1.87. The van der Waals surface area contributed by atoms with Crippen LogP contribution in [0.1, 0.15) is 12.5 Å². The summed E-state index contributed by atoms with van der Waals surface area (Å²) in [5.41, 5.74) is -0.860. The predicted octanol–water partition coefficient (Wildman–Crippen LogP) is 1.31. The van der Waals surface area contributed by atoms with Gasteiger partial charge in [0.05, 0.1) is 23.1 Å². The van der Waals surface area contributed by atoms with Gasteiger partial charge in [-0.25, -0.2) is 13.5 Å². The zero-order valence-corrected chi connectivity index (χ0v) is 10.7. The Labute approximate surface area is 117 Å². The van der Waals surface area contributed by atoms with Crippen LogP contribution in [0.2, 0.25) is 0 Å². The molecule has 0 saturated carbocycles. The number of nitro groups is 1. The molecule has 0 N–H and O–H groups in total. The molecule has 21 heavy (non-hydrogen) atoms. The summed E-state index contributed by atoms with van der Waals surface area (Å²) in [5.74, 6) is -1.89. The van der Waals surface area contributed by atoms with E-state index in [2.05, 4.69) is 15.5 Å². The molecule has 0 aliphatic carbocycles. The first-order chi connectivity index (χ1) is 10.1. The van der Waals surface area contributed by atoms with Gasteiger partial charge in [0.2, 0.25) is 0 Å². The molecule has 2 heterocycles. The number of hydrogen-bond donors (Lipinski definition) is 0. The molecular weight excluding hydrogens is 286 g/mol. The molecule has 1 aromatic heterocycles. The van der Waals surface area contributed by atoms with Crippen molar-refractivity contribution in [3.05, 3.63) is 40.2 Å². The SMILES string of the molecule is O=[N+]([O-])c1cc(F)c(N2CCC(n3cnnn3)C2)c(F)c1. The lowest BCUT2D eigenvalue weighted by Crippen LogP contribution is -2.23. The molecular formula is C11H10F2N6O2. The minimum atomic E-state index is -0.945. The van der Waals surface area contributed by atoms with E-state index in [0.717, 1.165) is 12.1 Å². The van der Waals surface area contributed by atoms with E-state index in [-0.39, 0.29) is 11.7 Å². The second-order valence-electron chi connectivity index (χ2n) is 4.69. The third-order valence-corrected chi connectivity index (χ3v) is 3.43. The van der Waals surface area contributed by atoms with Gasteiger partial charge in [-0.05, 0) is 16.8 Å². The second kappa shape index (κ2) is 5.04. The van der Waals surface area contributed by atoms with Gasteiger partial charge in [0, 0.05) is 13.1 Å². The van der Waals surface area contributed by atoms with Crippen molar-refractivity contribution in [2.45, 2.75) is 12.5 Å². The molecule has 3 rings (SSSR count). The van der Waals surface area contributed by atoms with Gasteiger partial charge in [-0.2, -0.15) is 0 Å². The quantitative estimate of drug-likeness (QED) is 0.626. The summed E-state index contributed by atoms with van der Waals surface area (Å²) in [5, 5.41) is 21.4. The second-order valence-corrected chi connectivity index (χ2v) is 4.69. The van der Waals surface area contributed by atoms with E-state index in [1.165, 1.54) is 15.9 Å². The maximum Gasteiger partial charge on any atom is 0.275 e. The van der Waals surface area contributed by atoms with E-state index < -0.39 is 22.2 Å². The standard InChI is InChI=1S/C11H10F2N6O2/c12-9-3-8(19(20)21)4-10(13)11(9)17-2-1-7(5-17)18-6-14-15-16-18/h3-4,6-7H,1-2,5H2. The molecule has 0 radical (unpaired) electrons. The molecule has 1 aliphatic rings. The number of tetrazole rings is 1. The number of nitro benzene ring substituents is 1. The van der Waals surface area contributed by atoms with Crippen LogP contribution in [-0.2, 0) is 0 Å². The average Bonchev–Trinajstić information content (AvgIpc) is 3.08. The Morgan fingerprint density at radius 3 is 2.62 bits per heavy atom. The van der Waals surface area contributed by atoms with Gasteiger partial charge >= 0.3 is 0 Å². The maximum absolute atomic E-state index is 14.0. The Hall–Kier alpha value is -2.65. The molecule has 10 heteroatoms. The van der Waals surface area contributed by atoms with Crippen LogP contribution >= 0.6 is 0 Å². The van der Waals surface area contributed by atoms with E-state index in [0.29, 0.717) is 19.5 Å². The van der Waals surface area contributed by atoms with Crippen LogP contribution in [0.4, 0.5) is 20.2 Å². The summed E-state index contributed by atoms with van der Waals surface area (Å²) < 4.78 is 29.4. The largest absolute Gasteiger partial charge is 0.365 e. The Morgan fingerprint density at radius 1 is 1.33 bits per heavy atom. The highest BCUT2D eigenvalue weighted by Crippen LogP contribution is 2.32. The summed E-state index contributed by atoms with van der Waals surface area (Å²) in [7, 11) is 0. The van der Waals surface area contributed by atoms with Crippen molar-refractivity contribution in [3.63, 3.8) is 0 Å². The van der Waals surface area contributed by atoms with Crippen LogP contribution in [0.15, 0.2) is 18.5 Å². The van der Waals surface area contributed by atoms with Crippen LogP contribution in [0.5, 0.6) is 0 Å². The molecule has 2 aromatic rings. The van der Waals surface area contributed by atoms with Crippen LogP contribution in [-0.4, -0.2) is 38.2 Å². The predicted molar refractivity (Wildman–Crippen MR) is 66.7 cm³/mol. The Kier molecular flexibility index (Phi) is 3.20. The first kappa shape index (κ1) is 13.3. The van der Waals surface area contributed by atoms with Crippen molar-refractivity contribution in [3.8, 4) is 0 Å². The van der Waals surface area contributed by atoms with Crippen LogP contribution in [0.3, 0.4) is 0 Å². The fourth-order valence-electron chi connectivity index (χ4n) is 2.46. The van der Waals surface area contributed by atoms with Gasteiger partial charge in [0.25, 0.3) is 5.69 Å². The summed E-state index contributed by atoms with van der Waals surface area (Å²) in [6.07, 6.45) is 2.07. The lowest BCUT2D eigenvalue weighted by Gasteiger charge is -2.19. The zero-order valence-electron chi connectivity index (χ0n) is 10.7. The van der Waals surface area contributed by atoms with Crippen molar-refractivity contribution in [2.75, 3.05) is 18.0 Å². The van der Waals surface area contributed by atoms with Crippen molar-refractivity contribution < 1.29 is 13.7 Å². The fraction of sp³-hybridized carbons (Fsp3) is 0.364. The van der Waals surface area contributed by atoms with Gasteiger partial charge < -0.3 is 4.90 Å². The third-order valence-electron chi connectivity index (χ3n) is 3.43. The lowest BCUT2D eigenvalue weighted by atomic mass is 10.2. The van der Waals surface area contributed by atoms with E-state index in [9.17, 15) is 18.9 Å². The number of rotatable bonds is 3. The molecule has 1 fully saturated rings. The van der Waals surface area contributed by atoms with Crippen molar-refractivity contribution in [2.24, 2.45) is 0 Å². The van der Waals surface area contributed by atoms with Gasteiger partial charge in [-0.3, -0.25) is 10.1 Å². The van der Waals surface area contributed by atoms with E-state index in [1.807, 2.05) is 0 Å². The number of nitrogens with zero attached hydrogens (tertiary/aromatic N) is 6. The lowest BCUT2D eigenvalue weighted by molar-refractivity contribution is -0.385. The van der Waals surface area contributed by atoms with Gasteiger partial charge in [-0.1, -0.05) is 0 Å². The first-order valence-electron chi connectivity index (χ1n) is 6.17. The normalized spacial score (nSPS) is 18.2. The van der Waals surface area contributed by atoms with Crippen molar-refractivity contribution >= 4 is 11.4 Å². The summed E-state index contributed by atoms with van der Waals surface area (Å²) >= 11 is 0. The first-order valence-corrected chi connectivity index (χ1v) is 6.17. The molecule has 0 amide bonds. The molecule has 1 saturated heterocycles. The highest BCUT2D eigenvalue weighted by molar-refractivity contribution is 5.54. The number of aromatic nitrogens is 4. The number of anilines is 1. The molecule has 1 aliphatic heterocycles. The number of non-ortho nitro benzene ring substituents is 1. The third kappa shape index (κ3) is 2.39. The maximum atomic E-state index is 14.0. The molecule has 1 unspecified atom stereocenters. The summed E-state index contributed by atoms with van der Waals surface area (Å²) in [6.45, 7) is 0.743. The van der Waals surface area contributed by atoms with Gasteiger partial charge in [-0.15, -0.1) is 5.10 Å². The fourth-order valence-corrected chi connectivity index (χ4v) is 2.46. The highest BCUT2D eigenvalue weighted by atomic mass is 19.1. The molecule has 1 aromatic carbocycles. The van der Waals surface area contributed by atoms with E-state index >= 15 is 0 Å². The van der Waals surface area contributed by atoms with Gasteiger partial charge in [0.15, 0.2) is 11.6 Å². The van der Waals surface area contributed by atoms with Crippen LogP contribution in [0.25, 0.3) is 0 Å². The number of benzene rings is 1. The smallest absolute Gasteiger partial charge is 0.275 e. The number of hydrogen-bond acceptors (Lipinski definition) is 6. The topological polar surface area (TPSA) is 90.0 Å². The molecule has 0 bridgehead atoms. The van der Waals surface area contributed by atoms with Crippen LogP contribution in [0, 0.1) is 21.7 Å². The minimum Gasteiger partial charge on any atom is -0.365 e. The monoisotopic (exact) mass is 296 g/mol. The summed E-state index contributed by atoms with van der Waals surface area (Å²) in [6, 6.07) is 1.36. The van der Waals surface area contributed by atoms with E-state index in [4.69, 9.17) is 0 Å². The molecule has 110 valence electrons. The average molecular weight is 296 g/mol. The zero-order chi connectivity index (χ0) is 15.0. The molecule has 0 spiro atoms. The molecule has 8 nitrogen and oxygen atoms in total. The summed E-state index contributed by atoms with van der Waals surface area (Å²) in [4.78, 5) is 11.2. The van der Waals surface area contributed by atoms with Crippen LogP contribution < -0.4 is 4.90 Å².